The number of hydrogen-bond acceptors (Lipinski definition) is 4. The van der Waals surface area contributed by atoms with E-state index >= 15 is 0 Å². The van der Waals surface area contributed by atoms with Crippen LogP contribution in [0.4, 0.5) is 0 Å². The molecule has 5 nitrogen and oxygen atoms in total. The molecule has 0 amide bonds. The van der Waals surface area contributed by atoms with E-state index in [0.717, 1.165) is 0 Å². The SMILES string of the molecule is COc1cc(CC(=O)c2ccc(Cl)cc2)c(C(=O)O)c(OC)[c]1[Ge]. The summed E-state index contributed by atoms with van der Waals surface area (Å²) in [5, 5.41) is 10.1. The van der Waals surface area contributed by atoms with Crippen LogP contribution in [0.1, 0.15) is 26.3 Å². The van der Waals surface area contributed by atoms with Gasteiger partial charge in [-0.1, -0.05) is 0 Å². The van der Waals surface area contributed by atoms with Gasteiger partial charge in [0.2, 0.25) is 0 Å². The zero-order chi connectivity index (χ0) is 17.9. The summed E-state index contributed by atoms with van der Waals surface area (Å²) in [6, 6.07) is 8.00. The van der Waals surface area contributed by atoms with Crippen LogP contribution >= 0.6 is 11.6 Å². The molecular formula is C17H14ClGeO5. The summed E-state index contributed by atoms with van der Waals surface area (Å²) in [4.78, 5) is 24.1. The van der Waals surface area contributed by atoms with Crippen LogP contribution in [0.2, 0.25) is 5.02 Å². The molecule has 0 aromatic heterocycles. The Morgan fingerprint density at radius 3 is 2.29 bits per heavy atom. The predicted molar refractivity (Wildman–Crippen MR) is 91.4 cm³/mol. The molecule has 0 aliphatic carbocycles. The minimum absolute atomic E-state index is 0.0295. The third-order valence-corrected chi connectivity index (χ3v) is 4.73. The van der Waals surface area contributed by atoms with E-state index in [1.54, 1.807) is 46.8 Å². The van der Waals surface area contributed by atoms with Gasteiger partial charge in [-0.2, -0.15) is 0 Å². The number of hydrogen-bond donors (Lipinski definition) is 1. The van der Waals surface area contributed by atoms with E-state index < -0.39 is 5.97 Å². The zero-order valence-corrected chi connectivity index (χ0v) is 15.9. The molecule has 2 aromatic carbocycles. The Balaban J connectivity index is 2.50. The Kier molecular flexibility index (Phi) is 5.91. The Hall–Kier alpha value is -1.99. The number of ether oxygens (including phenoxy) is 2. The van der Waals surface area contributed by atoms with Crippen LogP contribution in [0.5, 0.6) is 11.5 Å². The van der Waals surface area contributed by atoms with Crippen molar-refractivity contribution in [1.29, 1.82) is 0 Å². The van der Waals surface area contributed by atoms with Crippen molar-refractivity contribution in [3.8, 4) is 11.5 Å². The van der Waals surface area contributed by atoms with Gasteiger partial charge in [0, 0.05) is 0 Å². The predicted octanol–water partition coefficient (Wildman–Crippen LogP) is 2.27. The van der Waals surface area contributed by atoms with Crippen LogP contribution < -0.4 is 13.9 Å². The van der Waals surface area contributed by atoms with Crippen LogP contribution in [0.25, 0.3) is 0 Å². The van der Waals surface area contributed by atoms with E-state index in [4.69, 9.17) is 21.1 Å². The van der Waals surface area contributed by atoms with Gasteiger partial charge in [-0.25, -0.2) is 0 Å². The molecule has 1 N–H and O–H groups in total. The molecule has 0 aliphatic rings. The molecule has 123 valence electrons. The van der Waals surface area contributed by atoms with Crippen LogP contribution in [0.3, 0.4) is 0 Å². The van der Waals surface area contributed by atoms with E-state index in [9.17, 15) is 14.7 Å². The van der Waals surface area contributed by atoms with E-state index in [-0.39, 0.29) is 23.5 Å². The Labute approximate surface area is 152 Å². The number of halogens is 1. The summed E-state index contributed by atoms with van der Waals surface area (Å²) in [7, 11) is 2.87. The number of carbonyl (C=O) groups is 2. The Morgan fingerprint density at radius 1 is 1.17 bits per heavy atom. The van der Waals surface area contributed by atoms with Crippen molar-refractivity contribution in [2.75, 3.05) is 14.2 Å². The molecule has 7 heteroatoms. The summed E-state index contributed by atoms with van der Waals surface area (Å²) in [5.74, 6) is -0.713. The number of carboxylic acid groups (broad SMARTS) is 1. The van der Waals surface area contributed by atoms with Gasteiger partial charge < -0.3 is 0 Å². The second-order valence-corrected chi connectivity index (χ2v) is 6.42. The fourth-order valence-electron chi connectivity index (χ4n) is 2.34. The number of ketones is 1. The van der Waals surface area contributed by atoms with E-state index in [0.29, 0.717) is 26.3 Å². The van der Waals surface area contributed by atoms with Crippen LogP contribution in [-0.2, 0) is 6.42 Å². The quantitative estimate of drug-likeness (QED) is 0.589. The van der Waals surface area contributed by atoms with Gasteiger partial charge in [0.1, 0.15) is 0 Å². The molecule has 0 spiro atoms. The van der Waals surface area contributed by atoms with Gasteiger partial charge in [-0.15, -0.1) is 0 Å². The number of carbonyl (C=O) groups excluding carboxylic acids is 1. The molecule has 3 radical (unpaired) electrons. The molecule has 0 heterocycles. The maximum absolute atomic E-state index is 12.5. The normalized spacial score (nSPS) is 10.3. The zero-order valence-electron chi connectivity index (χ0n) is 13.1. The van der Waals surface area contributed by atoms with Crippen molar-refractivity contribution in [3.05, 3.63) is 52.0 Å². The molecular weight excluding hydrogens is 392 g/mol. The first-order chi connectivity index (χ1) is 11.4. The summed E-state index contributed by atoms with van der Waals surface area (Å²) >= 11 is 7.52. The molecule has 0 saturated heterocycles. The van der Waals surface area contributed by atoms with Crippen molar-refractivity contribution < 1.29 is 24.2 Å². The second-order valence-electron chi connectivity index (χ2n) is 4.93. The molecule has 0 saturated carbocycles. The Morgan fingerprint density at radius 2 is 1.79 bits per heavy atom. The average molecular weight is 406 g/mol. The standard InChI is InChI=1S/C17H14ClGeO5/c1-23-13-8-10(14(17(21)22)16(24-2)15(13)19)7-12(20)9-3-5-11(18)6-4-9/h3-6,8H,7H2,1-2H3,(H,21,22). The molecule has 0 fully saturated rings. The summed E-state index contributed by atoms with van der Waals surface area (Å²) < 4.78 is 11.1. The van der Waals surface area contributed by atoms with Crippen molar-refractivity contribution in [3.63, 3.8) is 0 Å². The topological polar surface area (TPSA) is 72.8 Å². The molecule has 0 bridgehead atoms. The van der Waals surface area contributed by atoms with E-state index in [2.05, 4.69) is 0 Å². The average Bonchev–Trinajstić information content (AvgIpc) is 2.55. The van der Waals surface area contributed by atoms with Crippen LogP contribution in [0.15, 0.2) is 30.3 Å². The van der Waals surface area contributed by atoms with Crippen molar-refractivity contribution in [2.24, 2.45) is 0 Å². The fraction of sp³-hybridized carbons (Fsp3) is 0.176. The number of aromatic carboxylic acids is 1. The first-order valence-electron chi connectivity index (χ1n) is 6.90. The Bertz CT molecular complexity index is 787. The summed E-state index contributed by atoms with van der Waals surface area (Å²) in [6.45, 7) is 0. The first-order valence-corrected chi connectivity index (χ1v) is 8.33. The van der Waals surface area contributed by atoms with Gasteiger partial charge in [-0.3, -0.25) is 0 Å². The monoisotopic (exact) mass is 407 g/mol. The third kappa shape index (κ3) is 3.73. The third-order valence-electron chi connectivity index (χ3n) is 3.48. The fourth-order valence-corrected chi connectivity index (χ4v) is 3.30. The van der Waals surface area contributed by atoms with Gasteiger partial charge >= 0.3 is 153 Å². The number of benzene rings is 2. The molecule has 0 unspecified atom stereocenters. The number of carboxylic acids is 1. The minimum atomic E-state index is -1.16. The van der Waals surface area contributed by atoms with Crippen LogP contribution in [-0.4, -0.2) is 47.6 Å². The van der Waals surface area contributed by atoms with Crippen LogP contribution in [0, 0.1) is 0 Å². The van der Waals surface area contributed by atoms with E-state index in [1.807, 2.05) is 0 Å². The molecule has 0 atom stereocenters. The molecule has 2 aromatic rings. The maximum atomic E-state index is 12.5. The number of methoxy groups -OCH3 is 2. The molecule has 24 heavy (non-hydrogen) atoms. The van der Waals surface area contributed by atoms with Crippen molar-refractivity contribution in [1.82, 2.24) is 0 Å². The van der Waals surface area contributed by atoms with Crippen molar-refractivity contribution in [2.45, 2.75) is 6.42 Å². The van der Waals surface area contributed by atoms with Gasteiger partial charge in [0.25, 0.3) is 0 Å². The summed E-state index contributed by atoms with van der Waals surface area (Å²) in [5.41, 5.74) is 0.758. The first kappa shape index (κ1) is 18.4. The van der Waals surface area contributed by atoms with Gasteiger partial charge in [0.05, 0.1) is 0 Å². The van der Waals surface area contributed by atoms with Gasteiger partial charge in [-0.05, 0) is 0 Å². The van der Waals surface area contributed by atoms with Gasteiger partial charge in [0.15, 0.2) is 0 Å². The summed E-state index contributed by atoms with van der Waals surface area (Å²) in [6.07, 6.45) is -0.0870. The van der Waals surface area contributed by atoms with Crippen molar-refractivity contribution >= 4 is 44.3 Å². The van der Waals surface area contributed by atoms with E-state index in [1.165, 1.54) is 14.2 Å². The number of Topliss-reactive ketones (excluding diaryl/α,β-unsaturated/α-hetero) is 1. The molecule has 0 aliphatic heterocycles. The second kappa shape index (κ2) is 7.72. The molecule has 2 rings (SSSR count). The number of rotatable bonds is 6.